The first-order valence-electron chi connectivity index (χ1n) is 9.10. The molecule has 2 aromatic rings. The molecule has 0 aromatic heterocycles. The van der Waals surface area contributed by atoms with Gasteiger partial charge >= 0.3 is 0 Å². The van der Waals surface area contributed by atoms with Gasteiger partial charge < -0.3 is 10.6 Å². The van der Waals surface area contributed by atoms with Crippen molar-refractivity contribution in [3.8, 4) is 0 Å². The molecule has 3 rings (SSSR count). The number of sulfonamides is 1. The average molecular weight is 388 g/mol. The second-order valence-corrected chi connectivity index (χ2v) is 8.69. The first-order valence-corrected chi connectivity index (χ1v) is 10.5. The summed E-state index contributed by atoms with van der Waals surface area (Å²) in [6.07, 6.45) is 2.88. The number of carbonyl (C=O) groups is 1. The molecular weight excluding hydrogens is 362 g/mol. The highest BCUT2D eigenvalue weighted by Crippen LogP contribution is 2.24. The van der Waals surface area contributed by atoms with Crippen LogP contribution >= 0.6 is 0 Å². The minimum absolute atomic E-state index is 0.0125. The molecule has 2 aromatic carbocycles. The molecule has 1 aliphatic rings. The predicted molar refractivity (Wildman–Crippen MR) is 106 cm³/mol. The molecule has 0 bridgehead atoms. The highest BCUT2D eigenvalue weighted by molar-refractivity contribution is 7.92. The molecule has 6 nitrogen and oxygen atoms in total. The Kier molecular flexibility index (Phi) is 5.82. The second-order valence-electron chi connectivity index (χ2n) is 6.72. The van der Waals surface area contributed by atoms with E-state index in [1.54, 1.807) is 41.3 Å². The lowest BCUT2D eigenvalue weighted by atomic mass is 10.0. The Morgan fingerprint density at radius 1 is 1.15 bits per heavy atom. The smallest absolute Gasteiger partial charge is 0.264 e. The van der Waals surface area contributed by atoms with Gasteiger partial charge in [0.1, 0.15) is 0 Å². The van der Waals surface area contributed by atoms with E-state index in [2.05, 4.69) is 0 Å². The summed E-state index contributed by atoms with van der Waals surface area (Å²) in [5, 5.41) is 0. The summed E-state index contributed by atoms with van der Waals surface area (Å²) in [6, 6.07) is 15.1. The summed E-state index contributed by atoms with van der Waals surface area (Å²) in [7, 11) is -2.25. The zero-order chi connectivity index (χ0) is 19.4. The third kappa shape index (κ3) is 3.99. The fourth-order valence-electron chi connectivity index (χ4n) is 3.40. The molecule has 0 saturated carbocycles. The predicted octanol–water partition coefficient (Wildman–Crippen LogP) is 2.47. The van der Waals surface area contributed by atoms with Gasteiger partial charge in [0, 0.05) is 31.7 Å². The molecule has 1 heterocycles. The van der Waals surface area contributed by atoms with E-state index in [1.165, 1.54) is 23.5 Å². The maximum atomic E-state index is 13.0. The highest BCUT2D eigenvalue weighted by Gasteiger charge is 2.28. The van der Waals surface area contributed by atoms with Crippen LogP contribution in [0.25, 0.3) is 0 Å². The van der Waals surface area contributed by atoms with E-state index in [0.717, 1.165) is 19.3 Å². The molecule has 2 N–H and O–H groups in total. The monoisotopic (exact) mass is 387 g/mol. The number of para-hydroxylation sites is 1. The van der Waals surface area contributed by atoms with Gasteiger partial charge in [0.05, 0.1) is 10.6 Å². The number of anilines is 1. The van der Waals surface area contributed by atoms with Crippen molar-refractivity contribution in [2.75, 3.05) is 24.4 Å². The van der Waals surface area contributed by atoms with Crippen molar-refractivity contribution in [2.45, 2.75) is 30.2 Å². The van der Waals surface area contributed by atoms with Crippen molar-refractivity contribution >= 4 is 21.6 Å². The number of hydrogen-bond donors (Lipinski definition) is 1. The van der Waals surface area contributed by atoms with E-state index in [0.29, 0.717) is 24.3 Å². The summed E-state index contributed by atoms with van der Waals surface area (Å²) in [4.78, 5) is 14.8. The van der Waals surface area contributed by atoms with Gasteiger partial charge in [-0.2, -0.15) is 0 Å². The second kappa shape index (κ2) is 8.10. The van der Waals surface area contributed by atoms with Gasteiger partial charge in [-0.1, -0.05) is 24.3 Å². The molecule has 0 aliphatic carbocycles. The van der Waals surface area contributed by atoms with Gasteiger partial charge in [0.25, 0.3) is 15.9 Å². The van der Waals surface area contributed by atoms with Crippen molar-refractivity contribution in [3.05, 3.63) is 60.2 Å². The highest BCUT2D eigenvalue weighted by atomic mass is 32.2. The topological polar surface area (TPSA) is 83.7 Å². The molecule has 27 heavy (non-hydrogen) atoms. The minimum atomic E-state index is -3.76. The van der Waals surface area contributed by atoms with E-state index in [1.807, 2.05) is 6.07 Å². The van der Waals surface area contributed by atoms with Crippen LogP contribution in [0.2, 0.25) is 0 Å². The van der Waals surface area contributed by atoms with Gasteiger partial charge in [0.15, 0.2) is 0 Å². The molecular formula is C20H25N3O3S. The van der Waals surface area contributed by atoms with E-state index >= 15 is 0 Å². The van der Waals surface area contributed by atoms with Gasteiger partial charge in [-0.05, 0) is 49.6 Å². The van der Waals surface area contributed by atoms with Crippen LogP contribution in [0.5, 0.6) is 0 Å². The minimum Gasteiger partial charge on any atom is -0.334 e. The number of nitrogens with two attached hydrogens (primary N) is 1. The van der Waals surface area contributed by atoms with Crippen LogP contribution in [0, 0.1) is 0 Å². The number of piperidine rings is 1. The quantitative estimate of drug-likeness (QED) is 0.854. The Bertz CT molecular complexity index is 900. The first kappa shape index (κ1) is 19.4. The van der Waals surface area contributed by atoms with Gasteiger partial charge in [0.2, 0.25) is 0 Å². The Balaban J connectivity index is 1.90. The maximum absolute atomic E-state index is 13.0. The zero-order valence-corrected chi connectivity index (χ0v) is 16.2. The molecule has 0 radical (unpaired) electrons. The normalized spacial score (nSPS) is 17.6. The third-order valence-corrected chi connectivity index (χ3v) is 6.80. The first-order chi connectivity index (χ1) is 12.9. The van der Waals surface area contributed by atoms with Crippen molar-refractivity contribution in [1.82, 2.24) is 4.90 Å². The lowest BCUT2D eigenvalue weighted by molar-refractivity contribution is 0.0623. The SMILES string of the molecule is CN(c1ccccc1)S(=O)(=O)c1cccc(C(=O)N2CCCCC2CN)c1. The van der Waals surface area contributed by atoms with Gasteiger partial charge in [-0.25, -0.2) is 8.42 Å². The fourth-order valence-corrected chi connectivity index (χ4v) is 4.65. The lowest BCUT2D eigenvalue weighted by Gasteiger charge is -2.35. The Labute approximate surface area is 160 Å². The number of nitrogens with zero attached hydrogens (tertiary/aromatic N) is 2. The van der Waals surface area contributed by atoms with Crippen molar-refractivity contribution in [1.29, 1.82) is 0 Å². The molecule has 1 amide bonds. The van der Waals surface area contributed by atoms with Crippen LogP contribution in [0.4, 0.5) is 5.69 Å². The lowest BCUT2D eigenvalue weighted by Crippen LogP contribution is -2.47. The Morgan fingerprint density at radius 3 is 2.59 bits per heavy atom. The van der Waals surface area contributed by atoms with Crippen LogP contribution in [0.15, 0.2) is 59.5 Å². The van der Waals surface area contributed by atoms with E-state index < -0.39 is 10.0 Å². The summed E-state index contributed by atoms with van der Waals surface area (Å²) < 4.78 is 27.2. The molecule has 1 unspecified atom stereocenters. The molecule has 1 saturated heterocycles. The molecule has 1 atom stereocenters. The van der Waals surface area contributed by atoms with Crippen LogP contribution in [-0.4, -0.2) is 45.4 Å². The summed E-state index contributed by atoms with van der Waals surface area (Å²) in [6.45, 7) is 1.07. The van der Waals surface area contributed by atoms with Gasteiger partial charge in [-0.3, -0.25) is 9.10 Å². The van der Waals surface area contributed by atoms with Crippen molar-refractivity contribution < 1.29 is 13.2 Å². The van der Waals surface area contributed by atoms with Gasteiger partial charge in [-0.15, -0.1) is 0 Å². The number of hydrogen-bond acceptors (Lipinski definition) is 4. The summed E-state index contributed by atoms with van der Waals surface area (Å²) in [5.74, 6) is -0.162. The molecule has 1 fully saturated rings. The summed E-state index contributed by atoms with van der Waals surface area (Å²) >= 11 is 0. The number of likely N-dealkylation sites (tertiary alicyclic amines) is 1. The van der Waals surface area contributed by atoms with E-state index in [4.69, 9.17) is 5.73 Å². The maximum Gasteiger partial charge on any atom is 0.264 e. The van der Waals surface area contributed by atoms with E-state index in [9.17, 15) is 13.2 Å². The molecule has 0 spiro atoms. The standard InChI is InChI=1S/C20H25N3O3S/c1-22(17-9-3-2-4-10-17)27(25,26)19-12-7-8-16(14-19)20(24)23-13-6-5-11-18(23)15-21/h2-4,7-10,12,14,18H,5-6,11,13,15,21H2,1H3. The third-order valence-electron chi connectivity index (χ3n) is 5.02. The number of carbonyl (C=O) groups excluding carboxylic acids is 1. The Morgan fingerprint density at radius 2 is 1.89 bits per heavy atom. The average Bonchev–Trinajstić information content (AvgIpc) is 2.73. The van der Waals surface area contributed by atoms with Crippen LogP contribution in [0.3, 0.4) is 0 Å². The molecule has 144 valence electrons. The van der Waals surface area contributed by atoms with Crippen molar-refractivity contribution in [3.63, 3.8) is 0 Å². The number of benzene rings is 2. The molecule has 7 heteroatoms. The fraction of sp³-hybridized carbons (Fsp3) is 0.350. The number of amides is 1. The van der Waals surface area contributed by atoms with Crippen LogP contribution < -0.4 is 10.0 Å². The van der Waals surface area contributed by atoms with E-state index in [-0.39, 0.29) is 16.8 Å². The zero-order valence-electron chi connectivity index (χ0n) is 15.4. The Hall–Kier alpha value is -2.38. The summed E-state index contributed by atoms with van der Waals surface area (Å²) in [5.41, 5.74) is 6.75. The van der Waals surface area contributed by atoms with Crippen LogP contribution in [0.1, 0.15) is 29.6 Å². The number of rotatable bonds is 5. The van der Waals surface area contributed by atoms with Crippen molar-refractivity contribution in [2.24, 2.45) is 5.73 Å². The van der Waals surface area contributed by atoms with Crippen LogP contribution in [-0.2, 0) is 10.0 Å². The largest absolute Gasteiger partial charge is 0.334 e. The molecule has 1 aliphatic heterocycles.